The van der Waals surface area contributed by atoms with Crippen molar-refractivity contribution in [1.29, 1.82) is 0 Å². The van der Waals surface area contributed by atoms with Gasteiger partial charge in [-0.3, -0.25) is 4.79 Å². The molecular weight excluding hydrogens is 336 g/mol. The molecule has 0 saturated carbocycles. The Morgan fingerprint density at radius 1 is 1.19 bits per heavy atom. The average molecular weight is 367 g/mol. The zero-order valence-corrected chi connectivity index (χ0v) is 16.4. The molecule has 1 heterocycles. The molecule has 1 aliphatic heterocycles. The third-order valence-electron chi connectivity index (χ3n) is 5.28. The lowest BCUT2D eigenvalue weighted by Gasteiger charge is -2.32. The van der Waals surface area contributed by atoms with Gasteiger partial charge in [-0.25, -0.2) is 0 Å². The smallest absolute Gasteiger partial charge is 0.251 e. The van der Waals surface area contributed by atoms with Crippen LogP contribution in [0.15, 0.2) is 48.5 Å². The SMILES string of the molecule is COCCN1CCC[C@@H](CNC(=O)c2cccc(-c3ccc(C)cc3)c2)C1. The first-order valence-electron chi connectivity index (χ1n) is 9.82. The first-order chi connectivity index (χ1) is 13.2. The summed E-state index contributed by atoms with van der Waals surface area (Å²) in [5.41, 5.74) is 4.17. The van der Waals surface area contributed by atoms with Gasteiger partial charge in [-0.05, 0) is 55.5 Å². The Bertz CT molecular complexity index is 742. The van der Waals surface area contributed by atoms with Gasteiger partial charge in [0.05, 0.1) is 6.61 Å². The van der Waals surface area contributed by atoms with Crippen molar-refractivity contribution >= 4 is 5.91 Å². The van der Waals surface area contributed by atoms with Crippen LogP contribution in [0.3, 0.4) is 0 Å². The molecular formula is C23H30N2O2. The minimum absolute atomic E-state index is 0.0120. The van der Waals surface area contributed by atoms with Crippen LogP contribution in [0, 0.1) is 12.8 Å². The molecule has 1 atom stereocenters. The fraction of sp³-hybridized carbons (Fsp3) is 0.435. The number of ether oxygens (including phenoxy) is 1. The van der Waals surface area contributed by atoms with Crippen LogP contribution in [0.25, 0.3) is 11.1 Å². The molecule has 2 aromatic carbocycles. The van der Waals surface area contributed by atoms with Gasteiger partial charge in [0.2, 0.25) is 0 Å². The van der Waals surface area contributed by atoms with E-state index in [1.165, 1.54) is 18.4 Å². The summed E-state index contributed by atoms with van der Waals surface area (Å²) >= 11 is 0. The Balaban J connectivity index is 1.56. The minimum atomic E-state index is 0.0120. The summed E-state index contributed by atoms with van der Waals surface area (Å²) in [6, 6.07) is 16.3. The zero-order chi connectivity index (χ0) is 19.1. The van der Waals surface area contributed by atoms with E-state index in [2.05, 4.69) is 47.5 Å². The highest BCUT2D eigenvalue weighted by atomic mass is 16.5. The molecule has 1 amide bonds. The van der Waals surface area contributed by atoms with E-state index >= 15 is 0 Å². The average Bonchev–Trinajstić information content (AvgIpc) is 2.71. The predicted molar refractivity (Wildman–Crippen MR) is 110 cm³/mol. The number of nitrogens with zero attached hydrogens (tertiary/aromatic N) is 1. The Hall–Kier alpha value is -2.17. The maximum Gasteiger partial charge on any atom is 0.251 e. The number of piperidine rings is 1. The quantitative estimate of drug-likeness (QED) is 0.811. The lowest BCUT2D eigenvalue weighted by molar-refractivity contribution is 0.0913. The molecule has 3 rings (SSSR count). The second-order valence-electron chi connectivity index (χ2n) is 7.46. The number of hydrogen-bond acceptors (Lipinski definition) is 3. The zero-order valence-electron chi connectivity index (χ0n) is 16.4. The first-order valence-corrected chi connectivity index (χ1v) is 9.82. The molecule has 27 heavy (non-hydrogen) atoms. The molecule has 1 N–H and O–H groups in total. The normalized spacial score (nSPS) is 17.6. The van der Waals surface area contributed by atoms with Gasteiger partial charge in [0, 0.05) is 32.3 Å². The summed E-state index contributed by atoms with van der Waals surface area (Å²) in [6.07, 6.45) is 2.36. The van der Waals surface area contributed by atoms with Crippen LogP contribution >= 0.6 is 0 Å². The Morgan fingerprint density at radius 2 is 2.00 bits per heavy atom. The van der Waals surface area contributed by atoms with Gasteiger partial charge in [0.25, 0.3) is 5.91 Å². The van der Waals surface area contributed by atoms with Gasteiger partial charge >= 0.3 is 0 Å². The van der Waals surface area contributed by atoms with E-state index in [9.17, 15) is 4.79 Å². The number of methoxy groups -OCH3 is 1. The number of rotatable bonds is 7. The molecule has 0 bridgehead atoms. The molecule has 1 saturated heterocycles. The van der Waals surface area contributed by atoms with Crippen molar-refractivity contribution in [3.8, 4) is 11.1 Å². The van der Waals surface area contributed by atoms with Crippen LogP contribution in [0.5, 0.6) is 0 Å². The lowest BCUT2D eigenvalue weighted by Crippen LogP contribution is -2.42. The van der Waals surface area contributed by atoms with Gasteiger partial charge in [0.1, 0.15) is 0 Å². The molecule has 1 fully saturated rings. The largest absolute Gasteiger partial charge is 0.383 e. The lowest BCUT2D eigenvalue weighted by atomic mass is 9.97. The highest BCUT2D eigenvalue weighted by Crippen LogP contribution is 2.21. The van der Waals surface area contributed by atoms with Gasteiger partial charge in [-0.2, -0.15) is 0 Å². The van der Waals surface area contributed by atoms with Gasteiger partial charge in [0.15, 0.2) is 0 Å². The van der Waals surface area contributed by atoms with E-state index in [1.54, 1.807) is 7.11 Å². The van der Waals surface area contributed by atoms with E-state index in [0.717, 1.165) is 49.5 Å². The molecule has 144 valence electrons. The molecule has 0 aromatic heterocycles. The number of hydrogen-bond donors (Lipinski definition) is 1. The summed E-state index contributed by atoms with van der Waals surface area (Å²) in [6.45, 7) is 6.72. The van der Waals surface area contributed by atoms with E-state index in [-0.39, 0.29) is 5.91 Å². The molecule has 0 spiro atoms. The van der Waals surface area contributed by atoms with Crippen molar-refractivity contribution in [2.75, 3.05) is 39.9 Å². The van der Waals surface area contributed by atoms with Crippen molar-refractivity contribution in [3.63, 3.8) is 0 Å². The van der Waals surface area contributed by atoms with E-state index in [4.69, 9.17) is 4.74 Å². The second kappa shape index (κ2) is 9.67. The monoisotopic (exact) mass is 366 g/mol. The van der Waals surface area contributed by atoms with Crippen LogP contribution in [-0.2, 0) is 4.74 Å². The standard InChI is InChI=1S/C23H30N2O2/c1-18-8-10-20(11-9-18)21-6-3-7-22(15-21)23(26)24-16-19-5-4-12-25(17-19)13-14-27-2/h3,6-11,15,19H,4-5,12-14,16-17H2,1-2H3,(H,24,26)/t19-/m0/s1. The molecule has 0 unspecified atom stereocenters. The van der Waals surface area contributed by atoms with Crippen LogP contribution < -0.4 is 5.32 Å². The van der Waals surface area contributed by atoms with E-state index < -0.39 is 0 Å². The van der Waals surface area contributed by atoms with Gasteiger partial charge in [-0.1, -0.05) is 42.0 Å². The number of aryl methyl sites for hydroxylation is 1. The molecule has 4 nitrogen and oxygen atoms in total. The number of benzene rings is 2. The van der Waals surface area contributed by atoms with Crippen molar-refractivity contribution in [2.45, 2.75) is 19.8 Å². The molecule has 1 aliphatic rings. The number of carbonyl (C=O) groups excluding carboxylic acids is 1. The number of nitrogens with one attached hydrogen (secondary N) is 1. The topological polar surface area (TPSA) is 41.6 Å². The van der Waals surface area contributed by atoms with Crippen LogP contribution in [0.4, 0.5) is 0 Å². The third-order valence-corrected chi connectivity index (χ3v) is 5.28. The highest BCUT2D eigenvalue weighted by Gasteiger charge is 2.20. The molecule has 0 aliphatic carbocycles. The summed E-state index contributed by atoms with van der Waals surface area (Å²) in [4.78, 5) is 15.1. The second-order valence-corrected chi connectivity index (χ2v) is 7.46. The first kappa shape index (κ1) is 19.6. The van der Waals surface area contributed by atoms with Crippen molar-refractivity contribution in [2.24, 2.45) is 5.92 Å². The Morgan fingerprint density at radius 3 is 2.78 bits per heavy atom. The fourth-order valence-electron chi connectivity index (χ4n) is 3.67. The van der Waals surface area contributed by atoms with Crippen molar-refractivity contribution in [3.05, 3.63) is 59.7 Å². The van der Waals surface area contributed by atoms with Gasteiger partial charge < -0.3 is 15.0 Å². The Kier molecular flexibility index (Phi) is 7.02. The van der Waals surface area contributed by atoms with Crippen LogP contribution in [0.2, 0.25) is 0 Å². The maximum absolute atomic E-state index is 12.6. The summed E-state index contributed by atoms with van der Waals surface area (Å²) in [5, 5.41) is 3.14. The van der Waals surface area contributed by atoms with Gasteiger partial charge in [-0.15, -0.1) is 0 Å². The molecule has 2 aromatic rings. The summed E-state index contributed by atoms with van der Waals surface area (Å²) in [5.74, 6) is 0.526. The number of amides is 1. The Labute approximate surface area is 162 Å². The predicted octanol–water partition coefficient (Wildman–Crippen LogP) is 3.75. The third kappa shape index (κ3) is 5.65. The molecule has 0 radical (unpaired) electrons. The fourth-order valence-corrected chi connectivity index (χ4v) is 3.67. The van der Waals surface area contributed by atoms with E-state index in [0.29, 0.717) is 5.92 Å². The van der Waals surface area contributed by atoms with E-state index in [1.807, 2.05) is 18.2 Å². The minimum Gasteiger partial charge on any atom is -0.383 e. The maximum atomic E-state index is 12.6. The highest BCUT2D eigenvalue weighted by molar-refractivity contribution is 5.95. The summed E-state index contributed by atoms with van der Waals surface area (Å²) in [7, 11) is 1.74. The number of likely N-dealkylation sites (tertiary alicyclic amines) is 1. The van der Waals surface area contributed by atoms with Crippen LogP contribution in [0.1, 0.15) is 28.8 Å². The van der Waals surface area contributed by atoms with Crippen molar-refractivity contribution in [1.82, 2.24) is 10.2 Å². The van der Waals surface area contributed by atoms with Crippen LogP contribution in [-0.4, -0.2) is 50.7 Å². The number of carbonyl (C=O) groups is 1. The van der Waals surface area contributed by atoms with Crippen molar-refractivity contribution < 1.29 is 9.53 Å². The summed E-state index contributed by atoms with van der Waals surface area (Å²) < 4.78 is 5.18. The molecule has 4 heteroatoms.